The number of sulfone groups is 1. The van der Waals surface area contributed by atoms with Crippen LogP contribution in [0.5, 0.6) is 17.5 Å². The molecule has 2 heterocycles. The summed E-state index contributed by atoms with van der Waals surface area (Å²) < 4.78 is 49.2. The number of halogens is 1. The molecule has 0 spiro atoms. The van der Waals surface area contributed by atoms with Gasteiger partial charge in [-0.25, -0.2) is 22.8 Å². The number of ether oxygens (including phenoxy) is 2. The number of amides is 1. The molecule has 0 radical (unpaired) electrons. The first kappa shape index (κ1) is 25.5. The molecule has 0 unspecified atom stereocenters. The third-order valence-corrected chi connectivity index (χ3v) is 6.69. The molecular formula is C23H28FN3O6S. The van der Waals surface area contributed by atoms with E-state index in [1.165, 1.54) is 25.4 Å². The number of carbonyl (C=O) groups excluding carboxylic acids is 2. The summed E-state index contributed by atoms with van der Waals surface area (Å²) in [6.45, 7) is 5.93. The van der Waals surface area contributed by atoms with Gasteiger partial charge in [-0.2, -0.15) is 0 Å². The minimum absolute atomic E-state index is 0.0115. The van der Waals surface area contributed by atoms with Gasteiger partial charge in [-0.3, -0.25) is 4.79 Å². The molecule has 0 N–H and O–H groups in total. The summed E-state index contributed by atoms with van der Waals surface area (Å²) in [5.74, 6) is -1.03. The fraction of sp³-hybridized carbons (Fsp3) is 0.478. The molecule has 1 aromatic heterocycles. The summed E-state index contributed by atoms with van der Waals surface area (Å²) in [7, 11) is -3.55. The van der Waals surface area contributed by atoms with Crippen molar-refractivity contribution >= 4 is 21.5 Å². The van der Waals surface area contributed by atoms with Gasteiger partial charge in [0.1, 0.15) is 18.2 Å². The first-order chi connectivity index (χ1) is 16.0. The van der Waals surface area contributed by atoms with Crippen molar-refractivity contribution in [1.29, 1.82) is 0 Å². The van der Waals surface area contributed by atoms with E-state index in [2.05, 4.69) is 9.97 Å². The molecule has 1 saturated heterocycles. The highest BCUT2D eigenvalue weighted by atomic mass is 32.2. The molecule has 184 valence electrons. The van der Waals surface area contributed by atoms with Crippen LogP contribution in [0, 0.1) is 18.7 Å². The summed E-state index contributed by atoms with van der Waals surface area (Å²) in [5, 5.41) is 0. The number of aromatic nitrogens is 2. The van der Waals surface area contributed by atoms with Crippen molar-refractivity contribution < 1.29 is 31.9 Å². The van der Waals surface area contributed by atoms with Gasteiger partial charge < -0.3 is 19.2 Å². The van der Waals surface area contributed by atoms with E-state index in [0.29, 0.717) is 31.5 Å². The number of hydrogen-bond donors (Lipinski definition) is 0. The molecule has 1 fully saturated rings. The third kappa shape index (κ3) is 6.28. The lowest BCUT2D eigenvalue weighted by Gasteiger charge is -2.33. The highest BCUT2D eigenvalue weighted by Crippen LogP contribution is 2.31. The van der Waals surface area contributed by atoms with Crippen LogP contribution in [-0.4, -0.2) is 60.4 Å². The topological polar surface area (TPSA) is 116 Å². The number of nitrogens with zero attached hydrogens (tertiary/aromatic N) is 3. The first-order valence-corrected chi connectivity index (χ1v) is 12.8. The Bertz CT molecular complexity index is 1180. The van der Waals surface area contributed by atoms with E-state index in [1.54, 1.807) is 18.7 Å². The van der Waals surface area contributed by atoms with E-state index in [9.17, 15) is 22.4 Å². The van der Waals surface area contributed by atoms with Crippen LogP contribution in [0.1, 0.15) is 38.7 Å². The number of ketones is 1. The van der Waals surface area contributed by atoms with Gasteiger partial charge in [-0.05, 0) is 32.0 Å². The Morgan fingerprint density at radius 1 is 1.21 bits per heavy atom. The van der Waals surface area contributed by atoms with Crippen LogP contribution in [-0.2, 0) is 19.4 Å². The number of benzene rings is 1. The molecule has 1 aromatic carbocycles. The fourth-order valence-corrected chi connectivity index (χ4v) is 4.35. The molecule has 2 aromatic rings. The molecule has 1 aliphatic heterocycles. The number of carbonyl (C=O) groups is 2. The lowest BCUT2D eigenvalue weighted by Crippen LogP contribution is -2.44. The molecule has 0 saturated carbocycles. The van der Waals surface area contributed by atoms with Crippen LogP contribution in [0.2, 0.25) is 0 Å². The fourth-order valence-electron chi connectivity index (χ4n) is 3.72. The molecule has 1 aliphatic rings. The molecule has 11 heteroatoms. The first-order valence-electron chi connectivity index (χ1n) is 10.9. The van der Waals surface area contributed by atoms with Gasteiger partial charge in [0.05, 0.1) is 10.5 Å². The van der Waals surface area contributed by atoms with Crippen molar-refractivity contribution in [3.63, 3.8) is 0 Å². The predicted molar refractivity (Wildman–Crippen MR) is 121 cm³/mol. The van der Waals surface area contributed by atoms with Gasteiger partial charge in [0.25, 0.3) is 0 Å². The zero-order valence-electron chi connectivity index (χ0n) is 19.6. The molecule has 9 nitrogen and oxygen atoms in total. The van der Waals surface area contributed by atoms with E-state index in [-0.39, 0.29) is 52.5 Å². The van der Waals surface area contributed by atoms with E-state index in [4.69, 9.17) is 9.47 Å². The van der Waals surface area contributed by atoms with Gasteiger partial charge in [-0.15, -0.1) is 0 Å². The van der Waals surface area contributed by atoms with Gasteiger partial charge in [0.15, 0.2) is 21.4 Å². The molecular weight excluding hydrogens is 465 g/mol. The lowest BCUT2D eigenvalue weighted by atomic mass is 10.0. The molecule has 0 bridgehead atoms. The highest BCUT2D eigenvalue weighted by molar-refractivity contribution is 7.90. The minimum Gasteiger partial charge on any atom is -0.474 e. The molecule has 3 rings (SSSR count). The smallest absolute Gasteiger partial charge is 0.229 e. The second-order valence-corrected chi connectivity index (χ2v) is 10.5. The van der Waals surface area contributed by atoms with Crippen LogP contribution < -0.4 is 9.47 Å². The monoisotopic (exact) mass is 493 g/mol. The zero-order valence-corrected chi connectivity index (χ0v) is 20.4. The maximum atomic E-state index is 14.4. The van der Waals surface area contributed by atoms with Crippen molar-refractivity contribution in [2.75, 3.05) is 19.3 Å². The average Bonchev–Trinajstić information content (AvgIpc) is 2.76. The maximum Gasteiger partial charge on any atom is 0.229 e. The van der Waals surface area contributed by atoms with Crippen LogP contribution >= 0.6 is 0 Å². The number of Topliss-reactive ketones (excluding diaryl/α,β-unsaturated/α-hetero) is 1. The summed E-state index contributed by atoms with van der Waals surface area (Å²) in [4.78, 5) is 33.6. The number of likely N-dealkylation sites (tertiary alicyclic amines) is 1. The predicted octanol–water partition coefficient (Wildman–Crippen LogP) is 3.10. The van der Waals surface area contributed by atoms with E-state index < -0.39 is 15.7 Å². The van der Waals surface area contributed by atoms with Crippen molar-refractivity contribution in [3.05, 3.63) is 35.9 Å². The van der Waals surface area contributed by atoms with E-state index >= 15 is 0 Å². The third-order valence-electron chi connectivity index (χ3n) is 5.58. The summed E-state index contributed by atoms with van der Waals surface area (Å²) in [5.41, 5.74) is 0.461. The van der Waals surface area contributed by atoms with Gasteiger partial charge in [-0.1, -0.05) is 6.92 Å². The van der Waals surface area contributed by atoms with Crippen molar-refractivity contribution in [2.24, 2.45) is 5.92 Å². The summed E-state index contributed by atoms with van der Waals surface area (Å²) >= 11 is 0. The van der Waals surface area contributed by atoms with Crippen LogP contribution in [0.25, 0.3) is 0 Å². The maximum absolute atomic E-state index is 14.4. The molecule has 1 atom stereocenters. The highest BCUT2D eigenvalue weighted by Gasteiger charge is 2.28. The quantitative estimate of drug-likeness (QED) is 0.551. The Morgan fingerprint density at radius 2 is 1.85 bits per heavy atom. The summed E-state index contributed by atoms with van der Waals surface area (Å²) in [6.07, 6.45) is 3.48. The number of piperidine rings is 1. The van der Waals surface area contributed by atoms with E-state index in [0.717, 1.165) is 12.3 Å². The average molecular weight is 494 g/mol. The SMILES string of the molecule is CC(=O)C[C@H](C)C(=O)N1CCC(Oc2ncnc(Oc3ccc(S(C)(=O)=O)cc3F)c2C)CC1. The zero-order chi connectivity index (χ0) is 25.0. The molecule has 0 aliphatic carbocycles. The van der Waals surface area contributed by atoms with E-state index in [1.807, 2.05) is 0 Å². The van der Waals surface area contributed by atoms with Gasteiger partial charge >= 0.3 is 0 Å². The molecule has 1 amide bonds. The largest absolute Gasteiger partial charge is 0.474 e. The number of hydrogen-bond acceptors (Lipinski definition) is 8. The second-order valence-electron chi connectivity index (χ2n) is 8.53. The Balaban J connectivity index is 1.64. The standard InChI is InChI=1S/C23H28FN3O6S/c1-14(11-15(2)28)23(29)27-9-7-17(8-10-27)32-21-16(3)22(26-13-25-21)33-20-6-5-18(12-19(20)24)34(4,30)31/h5-6,12-14,17H,7-11H2,1-4H3/t14-/m0/s1. The lowest BCUT2D eigenvalue weighted by molar-refractivity contribution is -0.138. The normalized spacial score (nSPS) is 15.6. The van der Waals surface area contributed by atoms with Crippen molar-refractivity contribution in [1.82, 2.24) is 14.9 Å². The van der Waals surface area contributed by atoms with Crippen LogP contribution in [0.3, 0.4) is 0 Å². The number of rotatable bonds is 8. The van der Waals surface area contributed by atoms with Crippen LogP contribution in [0.15, 0.2) is 29.4 Å². The molecule has 34 heavy (non-hydrogen) atoms. The summed E-state index contributed by atoms with van der Waals surface area (Å²) in [6, 6.07) is 3.38. The van der Waals surface area contributed by atoms with Gasteiger partial charge in [0.2, 0.25) is 17.7 Å². The minimum atomic E-state index is -3.55. The van der Waals surface area contributed by atoms with Crippen molar-refractivity contribution in [3.8, 4) is 17.5 Å². The Labute approximate surface area is 198 Å². The Hall–Kier alpha value is -3.08. The second kappa shape index (κ2) is 10.5. The Kier molecular flexibility index (Phi) is 7.86. The Morgan fingerprint density at radius 3 is 2.44 bits per heavy atom. The van der Waals surface area contributed by atoms with Crippen molar-refractivity contribution in [2.45, 2.75) is 51.0 Å². The van der Waals surface area contributed by atoms with Gasteiger partial charge in [0, 0.05) is 44.5 Å². The van der Waals surface area contributed by atoms with Crippen LogP contribution in [0.4, 0.5) is 4.39 Å².